The van der Waals surface area contributed by atoms with Crippen LogP contribution in [0.15, 0.2) is 54.6 Å². The molecule has 120 valence electrons. The lowest BCUT2D eigenvalue weighted by Crippen LogP contribution is -2.33. The fourth-order valence-electron chi connectivity index (χ4n) is 3.52. The zero-order valence-corrected chi connectivity index (χ0v) is 12.8. The molecule has 5 heteroatoms. The molecule has 1 fully saturated rings. The van der Waals surface area contributed by atoms with E-state index in [4.69, 9.17) is 4.74 Å². The number of benzene rings is 2. The van der Waals surface area contributed by atoms with Gasteiger partial charge >= 0.3 is 0 Å². The topological polar surface area (TPSA) is 63.7 Å². The number of carbonyl (C=O) groups is 3. The van der Waals surface area contributed by atoms with Gasteiger partial charge < -0.3 is 4.74 Å². The summed E-state index contributed by atoms with van der Waals surface area (Å²) in [5, 5.41) is 0. The summed E-state index contributed by atoms with van der Waals surface area (Å²) in [5.74, 6) is -0.654. The normalized spacial score (nSPS) is 24.7. The Kier molecular flexibility index (Phi) is 3.23. The molecular formula is C19H15NO4. The number of amides is 2. The smallest absolute Gasteiger partial charge is 0.293 e. The van der Waals surface area contributed by atoms with Crippen molar-refractivity contribution >= 4 is 18.3 Å². The van der Waals surface area contributed by atoms with Crippen molar-refractivity contribution in [2.75, 3.05) is 6.54 Å². The van der Waals surface area contributed by atoms with Crippen LogP contribution in [-0.2, 0) is 15.1 Å². The van der Waals surface area contributed by atoms with E-state index < -0.39 is 5.60 Å². The van der Waals surface area contributed by atoms with Gasteiger partial charge in [0.15, 0.2) is 0 Å². The van der Waals surface area contributed by atoms with E-state index in [0.29, 0.717) is 24.0 Å². The van der Waals surface area contributed by atoms with Crippen molar-refractivity contribution in [2.24, 2.45) is 5.92 Å². The zero-order valence-electron chi connectivity index (χ0n) is 12.8. The molecule has 2 atom stereocenters. The minimum absolute atomic E-state index is 0.0905. The molecule has 0 aromatic heterocycles. The highest BCUT2D eigenvalue weighted by molar-refractivity contribution is 6.21. The Hall–Kier alpha value is -2.95. The Morgan fingerprint density at radius 2 is 1.58 bits per heavy atom. The highest BCUT2D eigenvalue weighted by Gasteiger charge is 2.59. The summed E-state index contributed by atoms with van der Waals surface area (Å²) in [6.45, 7) is 0.685. The molecule has 0 N–H and O–H groups in total. The van der Waals surface area contributed by atoms with E-state index in [9.17, 15) is 14.4 Å². The van der Waals surface area contributed by atoms with Gasteiger partial charge in [0.1, 0.15) is 5.60 Å². The molecule has 5 nitrogen and oxygen atoms in total. The third-order valence-electron chi connectivity index (χ3n) is 4.85. The van der Waals surface area contributed by atoms with Gasteiger partial charge in [-0.15, -0.1) is 0 Å². The Morgan fingerprint density at radius 3 is 2.17 bits per heavy atom. The van der Waals surface area contributed by atoms with E-state index in [1.807, 2.05) is 30.3 Å². The lowest BCUT2D eigenvalue weighted by molar-refractivity contribution is -0.137. The van der Waals surface area contributed by atoms with Crippen molar-refractivity contribution < 1.29 is 19.1 Å². The van der Waals surface area contributed by atoms with Gasteiger partial charge in [-0.2, -0.15) is 0 Å². The van der Waals surface area contributed by atoms with Crippen LogP contribution in [0, 0.1) is 5.92 Å². The molecule has 1 saturated carbocycles. The first kappa shape index (κ1) is 14.6. The number of rotatable bonds is 5. The van der Waals surface area contributed by atoms with Crippen LogP contribution in [0.5, 0.6) is 0 Å². The number of hydrogen-bond acceptors (Lipinski definition) is 4. The third kappa shape index (κ3) is 2.05. The minimum Gasteiger partial charge on any atom is -0.456 e. The molecule has 0 radical (unpaired) electrons. The molecule has 2 amide bonds. The molecule has 2 unspecified atom stereocenters. The van der Waals surface area contributed by atoms with Gasteiger partial charge in [-0.1, -0.05) is 42.5 Å². The molecule has 2 aliphatic rings. The average molecular weight is 321 g/mol. The molecule has 2 aromatic carbocycles. The molecule has 0 bridgehead atoms. The fourth-order valence-corrected chi connectivity index (χ4v) is 3.52. The zero-order chi connectivity index (χ0) is 16.7. The van der Waals surface area contributed by atoms with Gasteiger partial charge in [0.05, 0.1) is 11.1 Å². The standard InChI is InChI=1S/C19H15NO4/c21-12-24-19(13-6-2-1-3-7-13)10-14(19)11-20-17(22)15-8-4-5-9-16(15)18(20)23/h1-9,12,14H,10-11H2. The molecule has 1 heterocycles. The number of hydrogen-bond donors (Lipinski definition) is 0. The summed E-state index contributed by atoms with van der Waals surface area (Å²) in [6, 6.07) is 16.2. The van der Waals surface area contributed by atoms with E-state index in [-0.39, 0.29) is 24.3 Å². The Balaban J connectivity index is 1.58. The number of fused-ring (bicyclic) bond motifs is 1. The molecular weight excluding hydrogens is 306 g/mol. The first-order valence-corrected chi connectivity index (χ1v) is 7.79. The molecule has 0 spiro atoms. The molecule has 0 saturated heterocycles. The van der Waals surface area contributed by atoms with Crippen molar-refractivity contribution in [3.8, 4) is 0 Å². The van der Waals surface area contributed by atoms with Crippen LogP contribution in [0.4, 0.5) is 0 Å². The maximum atomic E-state index is 12.5. The second kappa shape index (κ2) is 5.30. The van der Waals surface area contributed by atoms with Gasteiger partial charge in [-0.3, -0.25) is 19.3 Å². The third-order valence-corrected chi connectivity index (χ3v) is 4.85. The number of imide groups is 1. The van der Waals surface area contributed by atoms with Crippen LogP contribution in [0.25, 0.3) is 0 Å². The predicted octanol–water partition coefficient (Wildman–Crippen LogP) is 2.37. The summed E-state index contributed by atoms with van der Waals surface area (Å²) in [5.41, 5.74) is 1.02. The first-order chi connectivity index (χ1) is 11.7. The maximum absolute atomic E-state index is 12.5. The summed E-state index contributed by atoms with van der Waals surface area (Å²) in [4.78, 5) is 37.2. The minimum atomic E-state index is -0.738. The summed E-state index contributed by atoms with van der Waals surface area (Å²) >= 11 is 0. The Labute approximate surface area is 138 Å². The average Bonchev–Trinajstić information content (AvgIpc) is 3.27. The van der Waals surface area contributed by atoms with Crippen molar-refractivity contribution in [1.29, 1.82) is 0 Å². The van der Waals surface area contributed by atoms with Gasteiger partial charge in [0.2, 0.25) is 0 Å². The SMILES string of the molecule is O=COC1(c2ccccc2)CC1CN1C(=O)c2ccccc2C1=O. The van der Waals surface area contributed by atoms with Crippen LogP contribution in [-0.4, -0.2) is 29.7 Å². The molecule has 4 rings (SSSR count). The van der Waals surface area contributed by atoms with E-state index in [1.54, 1.807) is 24.3 Å². The van der Waals surface area contributed by atoms with Crippen LogP contribution in [0.2, 0.25) is 0 Å². The molecule has 1 aliphatic heterocycles. The van der Waals surface area contributed by atoms with E-state index >= 15 is 0 Å². The first-order valence-electron chi connectivity index (χ1n) is 7.79. The Morgan fingerprint density at radius 1 is 1.00 bits per heavy atom. The van der Waals surface area contributed by atoms with Crippen molar-refractivity contribution in [2.45, 2.75) is 12.0 Å². The Bertz CT molecular complexity index is 797. The van der Waals surface area contributed by atoms with Gasteiger partial charge in [-0.25, -0.2) is 0 Å². The lowest BCUT2D eigenvalue weighted by Gasteiger charge is -2.19. The van der Waals surface area contributed by atoms with Gasteiger partial charge in [-0.05, 0) is 17.7 Å². The molecule has 2 aromatic rings. The predicted molar refractivity (Wildman–Crippen MR) is 85.2 cm³/mol. The maximum Gasteiger partial charge on any atom is 0.293 e. The number of nitrogens with zero attached hydrogens (tertiary/aromatic N) is 1. The van der Waals surface area contributed by atoms with E-state index in [1.165, 1.54) is 4.90 Å². The molecule has 1 aliphatic carbocycles. The van der Waals surface area contributed by atoms with E-state index in [2.05, 4.69) is 0 Å². The van der Waals surface area contributed by atoms with E-state index in [0.717, 1.165) is 5.56 Å². The van der Waals surface area contributed by atoms with Gasteiger partial charge in [0.25, 0.3) is 18.3 Å². The van der Waals surface area contributed by atoms with Crippen molar-refractivity contribution in [1.82, 2.24) is 4.90 Å². The number of carbonyl (C=O) groups excluding carboxylic acids is 3. The van der Waals surface area contributed by atoms with Crippen LogP contribution < -0.4 is 0 Å². The van der Waals surface area contributed by atoms with Crippen molar-refractivity contribution in [3.05, 3.63) is 71.3 Å². The second-order valence-corrected chi connectivity index (χ2v) is 6.14. The van der Waals surface area contributed by atoms with Crippen LogP contribution in [0.3, 0.4) is 0 Å². The highest BCUT2D eigenvalue weighted by atomic mass is 16.5. The highest BCUT2D eigenvalue weighted by Crippen LogP contribution is 2.55. The quantitative estimate of drug-likeness (QED) is 0.626. The summed E-state index contributed by atoms with van der Waals surface area (Å²) in [7, 11) is 0. The summed E-state index contributed by atoms with van der Waals surface area (Å²) < 4.78 is 5.37. The lowest BCUT2D eigenvalue weighted by atomic mass is 10.1. The molecule has 24 heavy (non-hydrogen) atoms. The largest absolute Gasteiger partial charge is 0.456 e. The monoisotopic (exact) mass is 321 g/mol. The van der Waals surface area contributed by atoms with Crippen LogP contribution >= 0.6 is 0 Å². The number of ether oxygens (including phenoxy) is 1. The van der Waals surface area contributed by atoms with Crippen LogP contribution in [0.1, 0.15) is 32.7 Å². The fraction of sp³-hybridized carbons (Fsp3) is 0.211. The summed E-state index contributed by atoms with van der Waals surface area (Å²) in [6.07, 6.45) is 0.600. The van der Waals surface area contributed by atoms with Crippen molar-refractivity contribution in [3.63, 3.8) is 0 Å². The van der Waals surface area contributed by atoms with Gasteiger partial charge in [0, 0.05) is 18.9 Å². The second-order valence-electron chi connectivity index (χ2n) is 6.14.